The van der Waals surface area contributed by atoms with Gasteiger partial charge in [0.25, 0.3) is 5.91 Å². The van der Waals surface area contributed by atoms with Crippen molar-refractivity contribution in [1.82, 2.24) is 4.31 Å². The second-order valence-electron chi connectivity index (χ2n) is 6.19. The van der Waals surface area contributed by atoms with Gasteiger partial charge in [0.05, 0.1) is 22.5 Å². The van der Waals surface area contributed by atoms with E-state index in [9.17, 15) is 26.4 Å². The molecule has 1 N–H and O–H groups in total. The van der Waals surface area contributed by atoms with Crippen LogP contribution in [0, 0.1) is 0 Å². The first-order chi connectivity index (χ1) is 13.4. The molecule has 0 bridgehead atoms. The van der Waals surface area contributed by atoms with Gasteiger partial charge in [0, 0.05) is 13.6 Å². The van der Waals surface area contributed by atoms with Crippen molar-refractivity contribution in [2.75, 3.05) is 25.2 Å². The van der Waals surface area contributed by atoms with E-state index < -0.39 is 34.3 Å². The third kappa shape index (κ3) is 6.91. The molecule has 2 aromatic rings. The number of hydrogen-bond donors (Lipinski definition) is 1. The van der Waals surface area contributed by atoms with Crippen molar-refractivity contribution in [3.63, 3.8) is 0 Å². The van der Waals surface area contributed by atoms with Crippen LogP contribution in [0.15, 0.2) is 42.5 Å². The molecule has 0 aliphatic carbocycles. The highest BCUT2D eigenvalue weighted by molar-refractivity contribution is 7.88. The molecule has 1 amide bonds. The Balaban J connectivity index is 1.94. The van der Waals surface area contributed by atoms with Crippen molar-refractivity contribution >= 4 is 33.2 Å². The third-order valence-corrected chi connectivity index (χ3v) is 5.42. The zero-order valence-corrected chi connectivity index (χ0v) is 17.0. The molecule has 0 aliphatic rings. The molecule has 6 nitrogen and oxygen atoms in total. The highest BCUT2D eigenvalue weighted by atomic mass is 35.5. The van der Waals surface area contributed by atoms with Crippen LogP contribution in [0.2, 0.25) is 5.02 Å². The highest BCUT2D eigenvalue weighted by Crippen LogP contribution is 2.33. The van der Waals surface area contributed by atoms with Gasteiger partial charge in [0.1, 0.15) is 5.75 Å². The van der Waals surface area contributed by atoms with E-state index >= 15 is 0 Å². The van der Waals surface area contributed by atoms with Crippen LogP contribution >= 0.6 is 11.6 Å². The number of rotatable bonds is 7. The lowest BCUT2D eigenvalue weighted by Crippen LogP contribution is -2.24. The minimum atomic E-state index is -4.56. The van der Waals surface area contributed by atoms with Crippen LogP contribution in [-0.2, 0) is 27.5 Å². The van der Waals surface area contributed by atoms with Crippen molar-refractivity contribution in [2.45, 2.75) is 12.7 Å². The number of benzene rings is 2. The van der Waals surface area contributed by atoms with Crippen molar-refractivity contribution in [1.29, 1.82) is 0 Å². The monoisotopic (exact) mass is 450 g/mol. The number of sulfonamides is 1. The van der Waals surface area contributed by atoms with Gasteiger partial charge < -0.3 is 10.1 Å². The molecule has 158 valence electrons. The standard InChI is InChI=1S/C18H18ClF3N2O4S/c1-24(29(2,26)27)10-12-3-6-14(7-4-12)28-11-17(25)23-16-9-13(18(20,21)22)5-8-15(16)19/h3-9H,10-11H2,1-2H3,(H,23,25). The number of alkyl halides is 3. The SMILES string of the molecule is CN(Cc1ccc(OCC(=O)Nc2cc(C(F)(F)F)ccc2Cl)cc1)S(C)(=O)=O. The molecule has 2 rings (SSSR count). The zero-order chi connectivity index (χ0) is 21.8. The lowest BCUT2D eigenvalue weighted by atomic mass is 10.2. The van der Waals surface area contributed by atoms with E-state index in [0.717, 1.165) is 24.5 Å². The maximum atomic E-state index is 12.8. The van der Waals surface area contributed by atoms with Gasteiger partial charge in [0.2, 0.25) is 10.0 Å². The van der Waals surface area contributed by atoms with E-state index in [4.69, 9.17) is 16.3 Å². The Labute approximate surface area is 171 Å². The fourth-order valence-corrected chi connectivity index (χ4v) is 2.75. The molecular formula is C18H18ClF3N2O4S. The summed E-state index contributed by atoms with van der Waals surface area (Å²) in [6.45, 7) is -0.275. The molecular weight excluding hydrogens is 433 g/mol. The molecule has 0 fully saturated rings. The maximum Gasteiger partial charge on any atom is 0.416 e. The van der Waals surface area contributed by atoms with Gasteiger partial charge in [-0.15, -0.1) is 0 Å². The Morgan fingerprint density at radius 1 is 1.17 bits per heavy atom. The Hall–Kier alpha value is -2.30. The van der Waals surface area contributed by atoms with Gasteiger partial charge in [-0.3, -0.25) is 4.79 Å². The van der Waals surface area contributed by atoms with Crippen LogP contribution in [0.3, 0.4) is 0 Å². The van der Waals surface area contributed by atoms with Crippen LogP contribution in [0.4, 0.5) is 18.9 Å². The van der Waals surface area contributed by atoms with Crippen LogP contribution < -0.4 is 10.1 Å². The molecule has 0 saturated carbocycles. The fourth-order valence-electron chi connectivity index (χ4n) is 2.20. The van der Waals surface area contributed by atoms with E-state index in [-0.39, 0.29) is 17.3 Å². The second-order valence-corrected chi connectivity index (χ2v) is 8.69. The number of amides is 1. The topological polar surface area (TPSA) is 75.7 Å². The summed E-state index contributed by atoms with van der Waals surface area (Å²) in [5.41, 5.74) is -0.396. The number of halogens is 4. The van der Waals surface area contributed by atoms with Crippen LogP contribution in [0.5, 0.6) is 5.75 Å². The summed E-state index contributed by atoms with van der Waals surface area (Å²) in [5.74, 6) is -0.354. The molecule has 2 aromatic carbocycles. The first kappa shape index (κ1) is 23.0. The van der Waals surface area contributed by atoms with Crippen LogP contribution in [-0.4, -0.2) is 38.5 Å². The van der Waals surface area contributed by atoms with Crippen LogP contribution in [0.1, 0.15) is 11.1 Å². The number of anilines is 1. The number of hydrogen-bond acceptors (Lipinski definition) is 4. The number of carbonyl (C=O) groups excluding carboxylic acids is 1. The van der Waals surface area contributed by atoms with Gasteiger partial charge in [-0.25, -0.2) is 12.7 Å². The molecule has 0 aliphatic heterocycles. The van der Waals surface area contributed by atoms with Gasteiger partial charge in [-0.1, -0.05) is 23.7 Å². The Bertz CT molecular complexity index is 980. The van der Waals surface area contributed by atoms with Crippen molar-refractivity contribution in [3.8, 4) is 5.75 Å². The first-order valence-electron chi connectivity index (χ1n) is 8.16. The summed E-state index contributed by atoms with van der Waals surface area (Å²) >= 11 is 5.83. The zero-order valence-electron chi connectivity index (χ0n) is 15.5. The van der Waals surface area contributed by atoms with Gasteiger partial charge in [-0.2, -0.15) is 13.2 Å². The lowest BCUT2D eigenvalue weighted by molar-refractivity contribution is -0.137. The average molecular weight is 451 g/mol. The van der Waals surface area contributed by atoms with Crippen molar-refractivity contribution in [3.05, 3.63) is 58.6 Å². The van der Waals surface area contributed by atoms with E-state index in [0.29, 0.717) is 11.3 Å². The van der Waals surface area contributed by atoms with E-state index in [1.807, 2.05) is 0 Å². The molecule has 0 aromatic heterocycles. The van der Waals surface area contributed by atoms with E-state index in [1.165, 1.54) is 11.4 Å². The number of ether oxygens (including phenoxy) is 1. The minimum Gasteiger partial charge on any atom is -0.484 e. The summed E-state index contributed by atoms with van der Waals surface area (Å²) in [6, 6.07) is 8.99. The predicted molar refractivity (Wildman–Crippen MR) is 103 cm³/mol. The Morgan fingerprint density at radius 3 is 2.34 bits per heavy atom. The van der Waals surface area contributed by atoms with Crippen molar-refractivity contribution < 1.29 is 31.1 Å². The number of carbonyl (C=O) groups is 1. The molecule has 0 saturated heterocycles. The summed E-state index contributed by atoms with van der Waals surface area (Å²) in [7, 11) is -1.86. The smallest absolute Gasteiger partial charge is 0.416 e. The molecule has 0 unspecified atom stereocenters. The van der Waals surface area contributed by atoms with E-state index in [2.05, 4.69) is 5.32 Å². The summed E-state index contributed by atoms with van der Waals surface area (Å²) in [5, 5.41) is 2.24. The second kappa shape index (κ2) is 9.02. The lowest BCUT2D eigenvalue weighted by Gasteiger charge is -2.14. The molecule has 11 heteroatoms. The predicted octanol–water partition coefficient (Wildman–Crippen LogP) is 3.77. The third-order valence-electron chi connectivity index (χ3n) is 3.83. The normalized spacial score (nSPS) is 12.1. The van der Waals surface area contributed by atoms with Crippen LogP contribution in [0.25, 0.3) is 0 Å². The molecule has 0 atom stereocenters. The number of nitrogens with zero attached hydrogens (tertiary/aromatic N) is 1. The quantitative estimate of drug-likeness (QED) is 0.696. The summed E-state index contributed by atoms with van der Waals surface area (Å²) in [6.07, 6.45) is -3.47. The molecule has 0 heterocycles. The first-order valence-corrected chi connectivity index (χ1v) is 10.4. The summed E-state index contributed by atoms with van der Waals surface area (Å²) in [4.78, 5) is 12.0. The Morgan fingerprint density at radius 2 is 1.79 bits per heavy atom. The molecule has 0 spiro atoms. The Kier molecular flexibility index (Phi) is 7.15. The van der Waals surface area contributed by atoms with E-state index in [1.54, 1.807) is 24.3 Å². The maximum absolute atomic E-state index is 12.8. The number of nitrogens with one attached hydrogen (secondary N) is 1. The van der Waals surface area contributed by atoms with Crippen molar-refractivity contribution in [2.24, 2.45) is 0 Å². The average Bonchev–Trinajstić information content (AvgIpc) is 2.61. The van der Waals surface area contributed by atoms with Gasteiger partial charge in [-0.05, 0) is 35.9 Å². The van der Waals surface area contributed by atoms with Gasteiger partial charge >= 0.3 is 6.18 Å². The molecule has 29 heavy (non-hydrogen) atoms. The minimum absolute atomic E-state index is 0.0364. The molecule has 0 radical (unpaired) electrons. The van der Waals surface area contributed by atoms with Gasteiger partial charge in [0.15, 0.2) is 6.61 Å². The highest BCUT2D eigenvalue weighted by Gasteiger charge is 2.31. The summed E-state index contributed by atoms with van der Waals surface area (Å²) < 4.78 is 67.6. The largest absolute Gasteiger partial charge is 0.484 e. The fraction of sp³-hybridized carbons (Fsp3) is 0.278.